The summed E-state index contributed by atoms with van der Waals surface area (Å²) in [6, 6.07) is 11.9. The Bertz CT molecular complexity index is 617. The van der Waals surface area contributed by atoms with Gasteiger partial charge in [-0.1, -0.05) is 35.9 Å². The van der Waals surface area contributed by atoms with Crippen LogP contribution in [0.1, 0.15) is 29.7 Å². The fraction of sp³-hybridized carbons (Fsp3) is 0.200. The maximum atomic E-state index is 13.1. The van der Waals surface area contributed by atoms with E-state index in [4.69, 9.17) is 22.1 Å². The number of rotatable bonds is 1. The van der Waals surface area contributed by atoms with E-state index in [2.05, 4.69) is 0 Å². The Labute approximate surface area is 115 Å². The van der Waals surface area contributed by atoms with E-state index in [1.165, 1.54) is 12.1 Å². The lowest BCUT2D eigenvalue weighted by atomic mass is 9.93. The maximum Gasteiger partial charge on any atom is 0.127 e. The zero-order chi connectivity index (χ0) is 13.4. The molecule has 4 heteroatoms. The lowest BCUT2D eigenvalue weighted by Crippen LogP contribution is -2.24. The Morgan fingerprint density at radius 1 is 1.16 bits per heavy atom. The van der Waals surface area contributed by atoms with E-state index in [0.717, 1.165) is 16.9 Å². The minimum absolute atomic E-state index is 0.101. The Morgan fingerprint density at radius 2 is 1.95 bits per heavy atom. The van der Waals surface area contributed by atoms with Gasteiger partial charge in [0.1, 0.15) is 17.7 Å². The third-order valence-electron chi connectivity index (χ3n) is 3.37. The van der Waals surface area contributed by atoms with Crippen molar-refractivity contribution in [2.75, 3.05) is 0 Å². The summed E-state index contributed by atoms with van der Waals surface area (Å²) >= 11 is 6.08. The van der Waals surface area contributed by atoms with E-state index in [9.17, 15) is 4.39 Å². The molecule has 1 unspecified atom stereocenters. The highest BCUT2D eigenvalue weighted by Gasteiger charge is 2.28. The molecular formula is C15H13ClFNO. The molecule has 0 fully saturated rings. The molecule has 3 rings (SSSR count). The van der Waals surface area contributed by atoms with Gasteiger partial charge in [-0.25, -0.2) is 4.39 Å². The predicted molar refractivity (Wildman–Crippen MR) is 72.8 cm³/mol. The number of hydrogen-bond donors (Lipinski definition) is 1. The number of ether oxygens (including phenoxy) is 1. The van der Waals surface area contributed by atoms with Gasteiger partial charge in [0.05, 0.1) is 5.02 Å². The van der Waals surface area contributed by atoms with Crippen LogP contribution in [0.4, 0.5) is 4.39 Å². The zero-order valence-electron chi connectivity index (χ0n) is 10.1. The van der Waals surface area contributed by atoms with Gasteiger partial charge in [-0.3, -0.25) is 0 Å². The number of benzene rings is 2. The van der Waals surface area contributed by atoms with Crippen LogP contribution in [0.2, 0.25) is 5.02 Å². The van der Waals surface area contributed by atoms with Gasteiger partial charge >= 0.3 is 0 Å². The highest BCUT2D eigenvalue weighted by atomic mass is 35.5. The van der Waals surface area contributed by atoms with Gasteiger partial charge in [-0.05, 0) is 18.2 Å². The van der Waals surface area contributed by atoms with E-state index in [1.54, 1.807) is 6.07 Å². The SMILES string of the molecule is N[C@H]1CC(c2ccc(F)cc2Cl)Oc2ccccc21. The first kappa shape index (κ1) is 12.5. The van der Waals surface area contributed by atoms with Gasteiger partial charge < -0.3 is 10.5 Å². The average Bonchev–Trinajstić information content (AvgIpc) is 2.38. The normalized spacial score (nSPS) is 21.6. The predicted octanol–water partition coefficient (Wildman–Crippen LogP) is 4.00. The maximum absolute atomic E-state index is 13.1. The molecule has 0 bridgehead atoms. The first-order valence-electron chi connectivity index (χ1n) is 6.11. The molecule has 1 heterocycles. The molecule has 0 aromatic heterocycles. The fourth-order valence-corrected chi connectivity index (χ4v) is 2.70. The average molecular weight is 278 g/mol. The van der Waals surface area contributed by atoms with E-state index in [0.29, 0.717) is 11.4 Å². The summed E-state index contributed by atoms with van der Waals surface area (Å²) in [4.78, 5) is 0. The van der Waals surface area contributed by atoms with Crippen molar-refractivity contribution in [1.82, 2.24) is 0 Å². The largest absolute Gasteiger partial charge is 0.485 e. The van der Waals surface area contributed by atoms with E-state index < -0.39 is 0 Å². The molecule has 1 aliphatic heterocycles. The number of nitrogens with two attached hydrogens (primary N) is 1. The third kappa shape index (κ3) is 2.31. The molecule has 2 aromatic rings. The molecule has 2 N–H and O–H groups in total. The van der Waals surface area contributed by atoms with E-state index in [1.807, 2.05) is 24.3 Å². The summed E-state index contributed by atoms with van der Waals surface area (Å²) in [5.74, 6) is 0.417. The van der Waals surface area contributed by atoms with Crippen LogP contribution in [-0.2, 0) is 0 Å². The van der Waals surface area contributed by atoms with Crippen molar-refractivity contribution < 1.29 is 9.13 Å². The van der Waals surface area contributed by atoms with Crippen LogP contribution in [-0.4, -0.2) is 0 Å². The fourth-order valence-electron chi connectivity index (χ4n) is 2.41. The summed E-state index contributed by atoms with van der Waals surface area (Å²) in [5, 5.41) is 0.372. The smallest absolute Gasteiger partial charge is 0.127 e. The van der Waals surface area contributed by atoms with Crippen molar-refractivity contribution >= 4 is 11.6 Å². The standard InChI is InChI=1S/C15H13ClFNO/c16-12-7-9(17)5-6-10(12)15-8-13(18)11-3-1-2-4-14(11)19-15/h1-7,13,15H,8,18H2/t13-,15?/m0/s1. The minimum Gasteiger partial charge on any atom is -0.485 e. The van der Waals surface area contributed by atoms with Crippen LogP contribution < -0.4 is 10.5 Å². The van der Waals surface area contributed by atoms with Crippen LogP contribution in [0.3, 0.4) is 0 Å². The van der Waals surface area contributed by atoms with Crippen LogP contribution in [0.25, 0.3) is 0 Å². The molecule has 2 aromatic carbocycles. The van der Waals surface area contributed by atoms with Crippen LogP contribution in [0.15, 0.2) is 42.5 Å². The summed E-state index contributed by atoms with van der Waals surface area (Å²) in [6.45, 7) is 0. The van der Waals surface area contributed by atoms with Crippen LogP contribution in [0, 0.1) is 5.82 Å². The quantitative estimate of drug-likeness (QED) is 0.855. The molecule has 0 saturated heterocycles. The highest BCUT2D eigenvalue weighted by molar-refractivity contribution is 6.31. The van der Waals surface area contributed by atoms with Gasteiger partial charge in [0.25, 0.3) is 0 Å². The van der Waals surface area contributed by atoms with Crippen molar-refractivity contribution in [2.24, 2.45) is 5.73 Å². The van der Waals surface area contributed by atoms with E-state index >= 15 is 0 Å². The van der Waals surface area contributed by atoms with Crippen LogP contribution in [0.5, 0.6) is 5.75 Å². The Balaban J connectivity index is 1.97. The van der Waals surface area contributed by atoms with Gasteiger partial charge in [-0.15, -0.1) is 0 Å². The molecule has 2 atom stereocenters. The lowest BCUT2D eigenvalue weighted by molar-refractivity contribution is 0.161. The van der Waals surface area contributed by atoms with Crippen molar-refractivity contribution in [3.05, 3.63) is 64.4 Å². The number of para-hydroxylation sites is 1. The molecule has 0 amide bonds. The molecule has 0 saturated carbocycles. The highest BCUT2D eigenvalue weighted by Crippen LogP contribution is 2.41. The molecule has 0 aliphatic carbocycles. The topological polar surface area (TPSA) is 35.2 Å². The second kappa shape index (κ2) is 4.83. The summed E-state index contributed by atoms with van der Waals surface area (Å²) < 4.78 is 19.0. The molecule has 0 spiro atoms. The van der Waals surface area contributed by atoms with Crippen molar-refractivity contribution in [2.45, 2.75) is 18.6 Å². The minimum atomic E-state index is -0.353. The second-order valence-electron chi connectivity index (χ2n) is 4.65. The Hall–Kier alpha value is -1.58. The van der Waals surface area contributed by atoms with Crippen LogP contribution >= 0.6 is 11.6 Å². The Kier molecular flexibility index (Phi) is 3.17. The number of fused-ring (bicyclic) bond motifs is 1. The van der Waals surface area contributed by atoms with E-state index in [-0.39, 0.29) is 18.0 Å². The summed E-state index contributed by atoms with van der Waals surface area (Å²) in [7, 11) is 0. The molecule has 1 aliphatic rings. The first-order valence-corrected chi connectivity index (χ1v) is 6.49. The van der Waals surface area contributed by atoms with Crippen molar-refractivity contribution in [3.8, 4) is 5.75 Å². The molecule has 19 heavy (non-hydrogen) atoms. The molecular weight excluding hydrogens is 265 g/mol. The summed E-state index contributed by atoms with van der Waals surface area (Å²) in [5.41, 5.74) is 7.93. The van der Waals surface area contributed by atoms with Gasteiger partial charge in [-0.2, -0.15) is 0 Å². The lowest BCUT2D eigenvalue weighted by Gasteiger charge is -2.30. The summed E-state index contributed by atoms with van der Waals surface area (Å²) in [6.07, 6.45) is 0.389. The third-order valence-corrected chi connectivity index (χ3v) is 3.69. The first-order chi connectivity index (χ1) is 9.15. The van der Waals surface area contributed by atoms with Gasteiger partial charge in [0, 0.05) is 23.6 Å². The van der Waals surface area contributed by atoms with Crippen molar-refractivity contribution in [3.63, 3.8) is 0 Å². The number of halogens is 2. The second-order valence-corrected chi connectivity index (χ2v) is 5.06. The zero-order valence-corrected chi connectivity index (χ0v) is 10.9. The molecule has 0 radical (unpaired) electrons. The Morgan fingerprint density at radius 3 is 2.74 bits per heavy atom. The molecule has 2 nitrogen and oxygen atoms in total. The van der Waals surface area contributed by atoms with Crippen molar-refractivity contribution in [1.29, 1.82) is 0 Å². The monoisotopic (exact) mass is 277 g/mol. The van der Waals surface area contributed by atoms with Gasteiger partial charge in [0.15, 0.2) is 0 Å². The van der Waals surface area contributed by atoms with Gasteiger partial charge in [0.2, 0.25) is 0 Å². The molecule has 98 valence electrons. The number of hydrogen-bond acceptors (Lipinski definition) is 2.